The molecule has 0 aliphatic heterocycles. The Balaban J connectivity index is 1.31. The number of hydrogen-bond acceptors (Lipinski definition) is 4. The minimum atomic E-state index is -0.528. The fourth-order valence-corrected chi connectivity index (χ4v) is 6.71. The van der Waals surface area contributed by atoms with Crippen LogP contribution in [0.3, 0.4) is 0 Å². The maximum atomic E-state index is 13.3. The summed E-state index contributed by atoms with van der Waals surface area (Å²) >= 11 is 0. The Bertz CT molecular complexity index is 1030. The number of benzene rings is 1. The van der Waals surface area contributed by atoms with Crippen molar-refractivity contribution in [2.45, 2.75) is 76.0 Å². The first-order chi connectivity index (χ1) is 15.6. The Labute approximate surface area is 195 Å². The van der Waals surface area contributed by atoms with Gasteiger partial charge in [-0.3, -0.25) is 9.78 Å². The molecular weight excluding hydrogens is 414 g/mol. The maximum Gasteiger partial charge on any atom is 0.408 e. The second-order valence-electron chi connectivity index (χ2n) is 11.4. The molecule has 2 unspecified atom stereocenters. The molecule has 4 saturated carbocycles. The van der Waals surface area contributed by atoms with Crippen LogP contribution in [0, 0.1) is 11.8 Å². The van der Waals surface area contributed by atoms with Crippen LogP contribution in [0.25, 0.3) is 11.3 Å². The van der Waals surface area contributed by atoms with Crippen molar-refractivity contribution in [1.29, 1.82) is 0 Å². The lowest BCUT2D eigenvalue weighted by Crippen LogP contribution is -2.70. The van der Waals surface area contributed by atoms with Gasteiger partial charge in [0.2, 0.25) is 0 Å². The van der Waals surface area contributed by atoms with Crippen LogP contribution >= 0.6 is 0 Å². The highest BCUT2D eigenvalue weighted by atomic mass is 16.6. The first-order valence-electron chi connectivity index (χ1n) is 12.0. The first-order valence-corrected chi connectivity index (χ1v) is 12.0. The molecule has 174 valence electrons. The van der Waals surface area contributed by atoms with Gasteiger partial charge in [-0.25, -0.2) is 4.79 Å². The van der Waals surface area contributed by atoms with E-state index in [1.54, 1.807) is 6.20 Å². The van der Waals surface area contributed by atoms with E-state index in [-0.39, 0.29) is 23.1 Å². The van der Waals surface area contributed by atoms with Crippen molar-refractivity contribution < 1.29 is 14.3 Å². The average Bonchev–Trinajstić information content (AvgIpc) is 2.71. The lowest BCUT2D eigenvalue weighted by molar-refractivity contribution is -0.0509. The highest BCUT2D eigenvalue weighted by Gasteiger charge is 2.59. The number of amides is 2. The van der Waals surface area contributed by atoms with Crippen molar-refractivity contribution in [3.8, 4) is 11.3 Å². The Kier molecular flexibility index (Phi) is 5.22. The van der Waals surface area contributed by atoms with E-state index in [4.69, 9.17) is 4.74 Å². The Hall–Kier alpha value is -2.89. The van der Waals surface area contributed by atoms with Crippen LogP contribution in [-0.4, -0.2) is 33.7 Å². The predicted molar refractivity (Wildman–Crippen MR) is 127 cm³/mol. The summed E-state index contributed by atoms with van der Waals surface area (Å²) in [7, 11) is 0. The molecule has 6 rings (SSSR count). The van der Waals surface area contributed by atoms with Crippen molar-refractivity contribution in [3.05, 3.63) is 54.2 Å². The van der Waals surface area contributed by atoms with E-state index in [9.17, 15) is 9.59 Å². The molecule has 2 atom stereocenters. The normalized spacial score (nSPS) is 30.0. The quantitative estimate of drug-likeness (QED) is 0.684. The third-order valence-corrected chi connectivity index (χ3v) is 7.31. The van der Waals surface area contributed by atoms with Gasteiger partial charge in [0.25, 0.3) is 5.91 Å². The smallest absolute Gasteiger partial charge is 0.408 e. The lowest BCUT2D eigenvalue weighted by atomic mass is 9.50. The standard InChI is InChI=1S/C27H33N3O3/c1-25(2,3)33-24(32)30-27-15-18-12-19(16-27)14-26(13-18,17-27)29-23(31)21-9-7-20(8-10-21)22-6-4-5-11-28-22/h4-11,18-19H,12-17H2,1-3H3,(H,29,31)(H,30,32). The summed E-state index contributed by atoms with van der Waals surface area (Å²) in [5, 5.41) is 6.62. The predicted octanol–water partition coefficient (Wildman–Crippen LogP) is 5.09. The fourth-order valence-electron chi connectivity index (χ4n) is 6.71. The summed E-state index contributed by atoms with van der Waals surface area (Å²) in [5.74, 6) is 0.998. The number of nitrogens with zero attached hydrogens (tertiary/aromatic N) is 1. The van der Waals surface area contributed by atoms with Crippen molar-refractivity contribution in [2.24, 2.45) is 11.8 Å². The van der Waals surface area contributed by atoms with Crippen LogP contribution in [0.2, 0.25) is 0 Å². The first kappa shape index (κ1) is 21.9. The maximum absolute atomic E-state index is 13.3. The molecule has 6 heteroatoms. The van der Waals surface area contributed by atoms with Gasteiger partial charge in [-0.1, -0.05) is 18.2 Å². The number of hydrogen-bond donors (Lipinski definition) is 2. The number of carbonyl (C=O) groups is 2. The molecule has 2 N–H and O–H groups in total. The third-order valence-electron chi connectivity index (χ3n) is 7.31. The number of nitrogens with one attached hydrogen (secondary N) is 2. The molecule has 6 nitrogen and oxygen atoms in total. The highest BCUT2D eigenvalue weighted by molar-refractivity contribution is 5.95. The molecule has 0 spiro atoms. The molecular formula is C27H33N3O3. The molecule has 4 fully saturated rings. The van der Waals surface area contributed by atoms with Crippen LogP contribution in [-0.2, 0) is 4.74 Å². The van der Waals surface area contributed by atoms with Crippen LogP contribution in [0.4, 0.5) is 4.79 Å². The van der Waals surface area contributed by atoms with E-state index in [2.05, 4.69) is 15.6 Å². The van der Waals surface area contributed by atoms with E-state index in [0.717, 1.165) is 43.4 Å². The molecule has 0 radical (unpaired) electrons. The van der Waals surface area contributed by atoms with E-state index in [0.29, 0.717) is 17.4 Å². The second kappa shape index (κ2) is 7.86. The molecule has 2 amide bonds. The topological polar surface area (TPSA) is 80.3 Å². The molecule has 1 aromatic carbocycles. The number of rotatable bonds is 4. The van der Waals surface area contributed by atoms with Crippen LogP contribution in [0.5, 0.6) is 0 Å². The Morgan fingerprint density at radius 1 is 0.939 bits per heavy atom. The summed E-state index contributed by atoms with van der Waals surface area (Å²) in [4.78, 5) is 30.2. The van der Waals surface area contributed by atoms with Crippen molar-refractivity contribution in [3.63, 3.8) is 0 Å². The summed E-state index contributed by atoms with van der Waals surface area (Å²) in [6.07, 6.45) is 7.29. The molecule has 4 aliphatic rings. The van der Waals surface area contributed by atoms with Gasteiger partial charge in [-0.2, -0.15) is 0 Å². The summed E-state index contributed by atoms with van der Waals surface area (Å²) in [5.41, 5.74) is 1.45. The second-order valence-corrected chi connectivity index (χ2v) is 11.4. The Morgan fingerprint density at radius 3 is 2.15 bits per heavy atom. The third kappa shape index (κ3) is 4.61. The minimum absolute atomic E-state index is 0.0445. The fraction of sp³-hybridized carbons (Fsp3) is 0.519. The largest absolute Gasteiger partial charge is 0.444 e. The van der Waals surface area contributed by atoms with Gasteiger partial charge in [0.05, 0.1) is 5.69 Å². The Morgan fingerprint density at radius 2 is 1.58 bits per heavy atom. The van der Waals surface area contributed by atoms with Gasteiger partial charge in [-0.15, -0.1) is 0 Å². The average molecular weight is 448 g/mol. The van der Waals surface area contributed by atoms with E-state index in [1.807, 2.05) is 63.2 Å². The van der Waals surface area contributed by atoms with Crippen molar-refractivity contribution in [1.82, 2.24) is 15.6 Å². The number of ether oxygens (including phenoxy) is 1. The van der Waals surface area contributed by atoms with Gasteiger partial charge in [-0.05, 0) is 95.4 Å². The summed E-state index contributed by atoms with van der Waals surface area (Å²) < 4.78 is 5.57. The van der Waals surface area contributed by atoms with E-state index < -0.39 is 5.60 Å². The van der Waals surface area contributed by atoms with Gasteiger partial charge in [0, 0.05) is 28.4 Å². The van der Waals surface area contributed by atoms with E-state index >= 15 is 0 Å². The van der Waals surface area contributed by atoms with E-state index in [1.165, 1.54) is 6.42 Å². The lowest BCUT2D eigenvalue weighted by Gasteiger charge is -2.62. The van der Waals surface area contributed by atoms with Gasteiger partial charge < -0.3 is 15.4 Å². The van der Waals surface area contributed by atoms with Crippen molar-refractivity contribution >= 4 is 12.0 Å². The zero-order valence-electron chi connectivity index (χ0n) is 19.7. The molecule has 4 aliphatic carbocycles. The zero-order valence-corrected chi connectivity index (χ0v) is 19.7. The number of aromatic nitrogens is 1. The molecule has 33 heavy (non-hydrogen) atoms. The van der Waals surface area contributed by atoms with Crippen molar-refractivity contribution in [2.75, 3.05) is 0 Å². The molecule has 0 saturated heterocycles. The number of pyridine rings is 1. The monoisotopic (exact) mass is 447 g/mol. The zero-order chi connectivity index (χ0) is 23.3. The van der Waals surface area contributed by atoms with Crippen LogP contribution in [0.15, 0.2) is 48.7 Å². The SMILES string of the molecule is CC(C)(C)OC(=O)NC12CC3CC(C1)CC(NC(=O)c1ccc(-c4ccccn4)cc1)(C3)C2. The highest BCUT2D eigenvalue weighted by Crippen LogP contribution is 2.57. The molecule has 1 aromatic heterocycles. The number of carbonyl (C=O) groups excluding carboxylic acids is 2. The van der Waals surface area contributed by atoms with Gasteiger partial charge >= 0.3 is 6.09 Å². The van der Waals surface area contributed by atoms with Gasteiger partial charge in [0.15, 0.2) is 0 Å². The molecule has 2 aromatic rings. The molecule has 4 bridgehead atoms. The number of alkyl carbamates (subject to hydrolysis) is 1. The van der Waals surface area contributed by atoms with Crippen LogP contribution in [0.1, 0.15) is 69.7 Å². The summed E-state index contributed by atoms with van der Waals surface area (Å²) in [6, 6.07) is 13.4. The minimum Gasteiger partial charge on any atom is -0.444 e. The summed E-state index contributed by atoms with van der Waals surface area (Å²) in [6.45, 7) is 5.65. The van der Waals surface area contributed by atoms with Gasteiger partial charge in [0.1, 0.15) is 5.60 Å². The van der Waals surface area contributed by atoms with Crippen LogP contribution < -0.4 is 10.6 Å². The molecule has 1 heterocycles.